The molecule has 0 aliphatic carbocycles. The second-order valence-electron chi connectivity index (χ2n) is 3.21. The fraction of sp³-hybridized carbons (Fsp3) is 0.333. The molecule has 0 unspecified atom stereocenters. The van der Waals surface area contributed by atoms with E-state index in [1.165, 1.54) is 0 Å². The lowest BCUT2D eigenvalue weighted by atomic mass is 10.2. The van der Waals surface area contributed by atoms with Crippen molar-refractivity contribution in [2.24, 2.45) is 0 Å². The van der Waals surface area contributed by atoms with Crippen molar-refractivity contribution in [3.05, 3.63) is 29.8 Å². The van der Waals surface area contributed by atoms with E-state index in [0.29, 0.717) is 5.75 Å². The molecule has 0 saturated heterocycles. The van der Waals surface area contributed by atoms with Crippen LogP contribution in [0.4, 0.5) is 0 Å². The normalized spacial score (nSPS) is 10.4. The summed E-state index contributed by atoms with van der Waals surface area (Å²) < 4.78 is 27.4. The summed E-state index contributed by atoms with van der Waals surface area (Å²) in [6.07, 6.45) is 0. The Hall–Kier alpha value is -1.47. The molecule has 0 amide bonds. The van der Waals surface area contributed by atoms with Crippen molar-refractivity contribution >= 4 is 9.84 Å². The van der Waals surface area contributed by atoms with Crippen molar-refractivity contribution in [3.63, 3.8) is 0 Å². The number of hydrogen-bond donors (Lipinski definition) is 0. The van der Waals surface area contributed by atoms with Crippen LogP contribution in [0.1, 0.15) is 12.5 Å². The Morgan fingerprint density at radius 3 is 2.75 bits per heavy atom. The number of methoxy groups -OCH3 is 1. The highest BCUT2D eigenvalue weighted by molar-refractivity contribution is 7.91. The Balaban J connectivity index is 2.77. The molecule has 4 heteroatoms. The molecular formula is C12H14O3S. The van der Waals surface area contributed by atoms with Gasteiger partial charge in [-0.15, -0.1) is 0 Å². The highest BCUT2D eigenvalue weighted by Crippen LogP contribution is 2.11. The average molecular weight is 238 g/mol. The van der Waals surface area contributed by atoms with Gasteiger partial charge in [0.2, 0.25) is 0 Å². The summed E-state index contributed by atoms with van der Waals surface area (Å²) >= 11 is 0. The molecule has 0 heterocycles. The molecule has 16 heavy (non-hydrogen) atoms. The molecule has 0 atom stereocenters. The lowest BCUT2D eigenvalue weighted by Crippen LogP contribution is -2.06. The predicted molar refractivity (Wildman–Crippen MR) is 64.2 cm³/mol. The van der Waals surface area contributed by atoms with E-state index in [9.17, 15) is 8.42 Å². The van der Waals surface area contributed by atoms with Crippen molar-refractivity contribution in [1.29, 1.82) is 0 Å². The lowest BCUT2D eigenvalue weighted by Gasteiger charge is -1.98. The van der Waals surface area contributed by atoms with Gasteiger partial charge in [0.1, 0.15) is 11.5 Å². The van der Waals surface area contributed by atoms with Crippen LogP contribution in [-0.4, -0.2) is 27.0 Å². The minimum atomic E-state index is -3.01. The van der Waals surface area contributed by atoms with Crippen LogP contribution in [0.15, 0.2) is 24.3 Å². The molecule has 1 rings (SSSR count). The zero-order valence-electron chi connectivity index (χ0n) is 9.36. The van der Waals surface area contributed by atoms with Crippen molar-refractivity contribution in [1.82, 2.24) is 0 Å². The Morgan fingerprint density at radius 1 is 1.38 bits per heavy atom. The molecule has 0 aliphatic heterocycles. The van der Waals surface area contributed by atoms with Crippen LogP contribution in [0.5, 0.6) is 5.75 Å². The van der Waals surface area contributed by atoms with Gasteiger partial charge in [-0.25, -0.2) is 8.42 Å². The standard InChI is InChI=1S/C12H14O3S/c1-3-16(13,14)9-5-7-11-6-4-8-12(10-11)15-2/h4,6,8,10H,3,9H2,1-2H3. The first-order valence-electron chi connectivity index (χ1n) is 4.91. The molecular weight excluding hydrogens is 224 g/mol. The topological polar surface area (TPSA) is 43.4 Å². The third-order valence-corrected chi connectivity index (χ3v) is 3.50. The van der Waals surface area contributed by atoms with Gasteiger partial charge in [-0.1, -0.05) is 24.8 Å². The molecule has 0 radical (unpaired) electrons. The van der Waals surface area contributed by atoms with Crippen LogP contribution in [0.25, 0.3) is 0 Å². The second kappa shape index (κ2) is 5.57. The SMILES string of the molecule is CCS(=O)(=O)CC#Cc1cccc(OC)c1. The Labute approximate surface area is 96.4 Å². The minimum absolute atomic E-state index is 0.0965. The Morgan fingerprint density at radius 2 is 2.12 bits per heavy atom. The highest BCUT2D eigenvalue weighted by atomic mass is 32.2. The Bertz CT molecular complexity index is 507. The summed E-state index contributed by atoms with van der Waals surface area (Å²) in [5, 5.41) is 0. The van der Waals surface area contributed by atoms with Crippen LogP contribution in [0, 0.1) is 11.8 Å². The highest BCUT2D eigenvalue weighted by Gasteiger charge is 2.02. The third kappa shape index (κ3) is 3.95. The number of sulfone groups is 1. The van der Waals surface area contributed by atoms with E-state index >= 15 is 0 Å². The van der Waals surface area contributed by atoms with Crippen molar-refractivity contribution in [2.75, 3.05) is 18.6 Å². The summed E-state index contributed by atoms with van der Waals surface area (Å²) in [5.41, 5.74) is 0.755. The van der Waals surface area contributed by atoms with E-state index in [1.54, 1.807) is 20.1 Å². The first-order chi connectivity index (χ1) is 7.57. The molecule has 0 saturated carbocycles. The van der Waals surface area contributed by atoms with Crippen LogP contribution < -0.4 is 4.74 Å². The zero-order chi connectivity index (χ0) is 12.0. The molecule has 0 N–H and O–H groups in total. The van der Waals surface area contributed by atoms with Gasteiger partial charge in [0.15, 0.2) is 9.84 Å². The smallest absolute Gasteiger partial charge is 0.161 e. The van der Waals surface area contributed by atoms with Gasteiger partial charge in [-0.2, -0.15) is 0 Å². The molecule has 86 valence electrons. The second-order valence-corrected chi connectivity index (χ2v) is 5.56. The molecule has 0 fully saturated rings. The van der Waals surface area contributed by atoms with Gasteiger partial charge in [-0.3, -0.25) is 0 Å². The van der Waals surface area contributed by atoms with Gasteiger partial charge >= 0.3 is 0 Å². The fourth-order valence-corrected chi connectivity index (χ4v) is 1.55. The van der Waals surface area contributed by atoms with E-state index in [0.717, 1.165) is 5.56 Å². The van der Waals surface area contributed by atoms with Gasteiger partial charge in [0.25, 0.3) is 0 Å². The summed E-state index contributed by atoms with van der Waals surface area (Å²) in [6, 6.07) is 7.21. The summed E-state index contributed by atoms with van der Waals surface area (Å²) in [5.74, 6) is 6.19. The van der Waals surface area contributed by atoms with Gasteiger partial charge < -0.3 is 4.74 Å². The van der Waals surface area contributed by atoms with Crippen LogP contribution in [0.2, 0.25) is 0 Å². The molecule has 0 aromatic heterocycles. The van der Waals surface area contributed by atoms with E-state index < -0.39 is 9.84 Å². The largest absolute Gasteiger partial charge is 0.497 e. The maximum atomic E-state index is 11.2. The van der Waals surface area contributed by atoms with E-state index in [2.05, 4.69) is 11.8 Å². The average Bonchev–Trinajstić information content (AvgIpc) is 2.29. The minimum Gasteiger partial charge on any atom is -0.497 e. The monoisotopic (exact) mass is 238 g/mol. The predicted octanol–water partition coefficient (Wildman–Crippen LogP) is 1.48. The molecule has 1 aromatic carbocycles. The summed E-state index contributed by atoms with van der Waals surface area (Å²) in [7, 11) is -1.43. The van der Waals surface area contributed by atoms with Gasteiger partial charge in [-0.05, 0) is 18.2 Å². The van der Waals surface area contributed by atoms with Crippen molar-refractivity contribution < 1.29 is 13.2 Å². The van der Waals surface area contributed by atoms with Gasteiger partial charge in [0.05, 0.1) is 7.11 Å². The van der Waals surface area contributed by atoms with Crippen LogP contribution in [0.3, 0.4) is 0 Å². The molecule has 0 bridgehead atoms. The maximum Gasteiger partial charge on any atom is 0.161 e. The summed E-state index contributed by atoms with van der Waals surface area (Å²) in [4.78, 5) is 0. The first kappa shape index (κ1) is 12.6. The third-order valence-electron chi connectivity index (χ3n) is 2.03. The quantitative estimate of drug-likeness (QED) is 0.749. The summed E-state index contributed by atoms with van der Waals surface area (Å²) in [6.45, 7) is 1.61. The number of benzene rings is 1. The van der Waals surface area contributed by atoms with E-state index in [-0.39, 0.29) is 11.5 Å². The van der Waals surface area contributed by atoms with Crippen molar-refractivity contribution in [2.45, 2.75) is 6.92 Å². The Kier molecular flexibility index (Phi) is 4.39. The molecule has 1 aromatic rings. The van der Waals surface area contributed by atoms with Crippen LogP contribution in [-0.2, 0) is 9.84 Å². The lowest BCUT2D eigenvalue weighted by molar-refractivity contribution is 0.414. The maximum absolute atomic E-state index is 11.2. The number of rotatable bonds is 3. The fourth-order valence-electron chi connectivity index (χ4n) is 1.05. The molecule has 0 spiro atoms. The first-order valence-corrected chi connectivity index (χ1v) is 6.73. The zero-order valence-corrected chi connectivity index (χ0v) is 10.2. The number of ether oxygens (including phenoxy) is 1. The number of hydrogen-bond acceptors (Lipinski definition) is 3. The molecule has 3 nitrogen and oxygen atoms in total. The van der Waals surface area contributed by atoms with E-state index in [1.807, 2.05) is 18.2 Å². The van der Waals surface area contributed by atoms with Crippen LogP contribution >= 0.6 is 0 Å². The van der Waals surface area contributed by atoms with E-state index in [4.69, 9.17) is 4.74 Å². The van der Waals surface area contributed by atoms with Gasteiger partial charge in [0, 0.05) is 11.3 Å². The molecule has 0 aliphatic rings. The van der Waals surface area contributed by atoms with Crippen molar-refractivity contribution in [3.8, 4) is 17.6 Å².